The second kappa shape index (κ2) is 3.01. The van der Waals surface area contributed by atoms with Gasteiger partial charge in [-0.3, -0.25) is 4.79 Å². The van der Waals surface area contributed by atoms with E-state index >= 15 is 0 Å². The summed E-state index contributed by atoms with van der Waals surface area (Å²) in [6.07, 6.45) is -0.489. The van der Waals surface area contributed by atoms with Crippen molar-refractivity contribution in [1.82, 2.24) is 0 Å². The second-order valence-electron chi connectivity index (χ2n) is 4.07. The van der Waals surface area contributed by atoms with Crippen LogP contribution in [-0.4, -0.2) is 23.9 Å². The number of halogens is 2. The van der Waals surface area contributed by atoms with Crippen LogP contribution in [0.3, 0.4) is 0 Å². The third-order valence-corrected chi connectivity index (χ3v) is 2.24. The molecule has 76 valence electrons. The van der Waals surface area contributed by atoms with Gasteiger partial charge in [0.05, 0.1) is 0 Å². The van der Waals surface area contributed by atoms with Crippen molar-refractivity contribution in [3.05, 3.63) is 0 Å². The van der Waals surface area contributed by atoms with Gasteiger partial charge >= 0.3 is 0 Å². The molecule has 13 heavy (non-hydrogen) atoms. The molecule has 0 spiro atoms. The molecule has 1 fully saturated rings. The Morgan fingerprint density at radius 2 is 2.00 bits per heavy atom. The summed E-state index contributed by atoms with van der Waals surface area (Å²) in [4.78, 5) is 11.5. The largest absolute Gasteiger partial charge is 0.361 e. The van der Waals surface area contributed by atoms with E-state index in [0.717, 1.165) is 0 Å². The highest BCUT2D eigenvalue weighted by molar-refractivity contribution is 5.88. The van der Waals surface area contributed by atoms with Gasteiger partial charge in [0.1, 0.15) is 12.2 Å². The van der Waals surface area contributed by atoms with Crippen molar-refractivity contribution in [2.45, 2.75) is 38.7 Å². The lowest BCUT2D eigenvalue weighted by Crippen LogP contribution is -2.38. The monoisotopic (exact) mass is 192 g/mol. The normalized spacial score (nSPS) is 32.5. The third-order valence-electron chi connectivity index (χ3n) is 2.24. The lowest BCUT2D eigenvalue weighted by Gasteiger charge is -2.22. The molecule has 0 amide bonds. The van der Waals surface area contributed by atoms with Crippen LogP contribution in [-0.2, 0) is 9.53 Å². The maximum absolute atomic E-state index is 12.8. The van der Waals surface area contributed by atoms with Crippen molar-refractivity contribution in [3.8, 4) is 0 Å². The van der Waals surface area contributed by atoms with Crippen LogP contribution in [0.4, 0.5) is 8.78 Å². The van der Waals surface area contributed by atoms with Gasteiger partial charge in [0.15, 0.2) is 5.78 Å². The summed E-state index contributed by atoms with van der Waals surface area (Å²) >= 11 is 0. The molecule has 0 saturated carbocycles. The first kappa shape index (κ1) is 10.6. The van der Waals surface area contributed by atoms with Crippen molar-refractivity contribution in [2.24, 2.45) is 5.92 Å². The maximum atomic E-state index is 12.8. The smallest absolute Gasteiger partial charge is 0.274 e. The molecular weight excluding hydrogens is 178 g/mol. The standard InChI is InChI=1S/C9H14F2O2/c1-6(2)7(12)8(3)4-9(10,11)5-13-8/h6H,4-5H2,1-3H3/t8-/m1/s1. The molecule has 1 aliphatic heterocycles. The highest BCUT2D eigenvalue weighted by Crippen LogP contribution is 2.38. The van der Waals surface area contributed by atoms with Crippen LogP contribution in [0.1, 0.15) is 27.2 Å². The van der Waals surface area contributed by atoms with Gasteiger partial charge in [0.2, 0.25) is 0 Å². The molecule has 1 saturated heterocycles. The van der Waals surface area contributed by atoms with Crippen LogP contribution in [0, 0.1) is 5.92 Å². The van der Waals surface area contributed by atoms with Crippen LogP contribution >= 0.6 is 0 Å². The summed E-state index contributed by atoms with van der Waals surface area (Å²) in [5.74, 6) is -3.36. The van der Waals surface area contributed by atoms with E-state index in [4.69, 9.17) is 4.74 Å². The highest BCUT2D eigenvalue weighted by Gasteiger charge is 2.52. The van der Waals surface area contributed by atoms with Crippen molar-refractivity contribution >= 4 is 5.78 Å². The Bertz CT molecular complexity index is 226. The fraction of sp³-hybridized carbons (Fsp3) is 0.889. The van der Waals surface area contributed by atoms with E-state index in [1.54, 1.807) is 13.8 Å². The second-order valence-corrected chi connectivity index (χ2v) is 4.07. The van der Waals surface area contributed by atoms with Crippen molar-refractivity contribution in [3.63, 3.8) is 0 Å². The minimum absolute atomic E-state index is 0.246. The maximum Gasteiger partial charge on any atom is 0.274 e. The summed E-state index contributed by atoms with van der Waals surface area (Å²) in [6, 6.07) is 0. The number of hydrogen-bond donors (Lipinski definition) is 0. The van der Waals surface area contributed by atoms with Gasteiger partial charge in [-0.25, -0.2) is 8.78 Å². The number of Topliss-reactive ketones (excluding diaryl/α,β-unsaturated/α-hetero) is 1. The Balaban J connectivity index is 2.75. The first-order valence-electron chi connectivity index (χ1n) is 4.33. The van der Waals surface area contributed by atoms with Crippen LogP contribution in [0.15, 0.2) is 0 Å². The Labute approximate surface area is 76.3 Å². The molecule has 0 aromatic heterocycles. The first-order chi connectivity index (χ1) is 5.77. The van der Waals surface area contributed by atoms with Crippen LogP contribution in [0.25, 0.3) is 0 Å². The van der Waals surface area contributed by atoms with E-state index < -0.39 is 24.6 Å². The summed E-state index contributed by atoms with van der Waals surface area (Å²) in [5.41, 5.74) is -1.28. The van der Waals surface area contributed by atoms with Crippen molar-refractivity contribution in [2.75, 3.05) is 6.61 Å². The number of hydrogen-bond acceptors (Lipinski definition) is 2. The molecule has 0 aromatic rings. The van der Waals surface area contributed by atoms with E-state index in [-0.39, 0.29) is 11.7 Å². The average molecular weight is 192 g/mol. The average Bonchev–Trinajstić information content (AvgIpc) is 2.25. The van der Waals surface area contributed by atoms with Crippen molar-refractivity contribution < 1.29 is 18.3 Å². The minimum atomic E-state index is -2.85. The zero-order chi connectivity index (χ0) is 10.3. The molecule has 2 nitrogen and oxygen atoms in total. The molecule has 1 atom stereocenters. The molecule has 0 radical (unpaired) electrons. The molecule has 1 rings (SSSR count). The molecule has 0 unspecified atom stereocenters. The molecule has 0 aromatic carbocycles. The zero-order valence-electron chi connectivity index (χ0n) is 8.06. The summed E-state index contributed by atoms with van der Waals surface area (Å²) in [6.45, 7) is 4.18. The van der Waals surface area contributed by atoms with E-state index in [0.29, 0.717) is 0 Å². The molecule has 1 aliphatic rings. The zero-order valence-corrected chi connectivity index (χ0v) is 8.06. The van der Waals surface area contributed by atoms with Gasteiger partial charge in [-0.2, -0.15) is 0 Å². The quantitative estimate of drug-likeness (QED) is 0.669. The Morgan fingerprint density at radius 3 is 2.31 bits per heavy atom. The number of ketones is 1. The number of alkyl halides is 2. The Morgan fingerprint density at radius 1 is 1.46 bits per heavy atom. The minimum Gasteiger partial charge on any atom is -0.361 e. The summed E-state index contributed by atoms with van der Waals surface area (Å²) in [7, 11) is 0. The summed E-state index contributed by atoms with van der Waals surface area (Å²) in [5, 5.41) is 0. The van der Waals surface area contributed by atoms with E-state index in [9.17, 15) is 13.6 Å². The van der Waals surface area contributed by atoms with Gasteiger partial charge in [-0.1, -0.05) is 13.8 Å². The van der Waals surface area contributed by atoms with Crippen molar-refractivity contribution in [1.29, 1.82) is 0 Å². The molecule has 4 heteroatoms. The molecule has 0 aliphatic carbocycles. The fourth-order valence-electron chi connectivity index (χ4n) is 1.63. The fourth-order valence-corrected chi connectivity index (χ4v) is 1.63. The Hall–Kier alpha value is -0.510. The summed E-state index contributed by atoms with van der Waals surface area (Å²) < 4.78 is 30.5. The van der Waals surface area contributed by atoms with Gasteiger partial charge in [0.25, 0.3) is 5.92 Å². The third kappa shape index (κ3) is 2.05. The van der Waals surface area contributed by atoms with Gasteiger partial charge in [-0.15, -0.1) is 0 Å². The van der Waals surface area contributed by atoms with E-state index in [1.165, 1.54) is 6.92 Å². The Kier molecular flexibility index (Phi) is 2.45. The van der Waals surface area contributed by atoms with Gasteiger partial charge in [0, 0.05) is 12.3 Å². The van der Waals surface area contributed by atoms with Crippen LogP contribution < -0.4 is 0 Å². The number of ether oxygens (including phenoxy) is 1. The molecular formula is C9H14F2O2. The lowest BCUT2D eigenvalue weighted by atomic mass is 9.89. The van der Waals surface area contributed by atoms with Crippen LogP contribution in [0.2, 0.25) is 0 Å². The van der Waals surface area contributed by atoms with E-state index in [2.05, 4.69) is 0 Å². The predicted octanol–water partition coefficient (Wildman–Crippen LogP) is 2.03. The van der Waals surface area contributed by atoms with Crippen LogP contribution in [0.5, 0.6) is 0 Å². The number of carbonyl (C=O) groups excluding carboxylic acids is 1. The SMILES string of the molecule is CC(C)C(=O)[C@@]1(C)CC(F)(F)CO1. The van der Waals surface area contributed by atoms with Gasteiger partial charge < -0.3 is 4.74 Å². The molecule has 0 bridgehead atoms. The predicted molar refractivity (Wildman–Crippen MR) is 43.8 cm³/mol. The lowest BCUT2D eigenvalue weighted by molar-refractivity contribution is -0.140. The molecule has 0 N–H and O–H groups in total. The highest BCUT2D eigenvalue weighted by atomic mass is 19.3. The topological polar surface area (TPSA) is 26.3 Å². The molecule has 1 heterocycles. The number of carbonyl (C=O) groups is 1. The van der Waals surface area contributed by atoms with E-state index in [1.807, 2.05) is 0 Å². The first-order valence-corrected chi connectivity index (χ1v) is 4.33. The van der Waals surface area contributed by atoms with Gasteiger partial charge in [-0.05, 0) is 6.92 Å². The number of rotatable bonds is 2.